The van der Waals surface area contributed by atoms with Gasteiger partial charge < -0.3 is 9.66 Å². The van der Waals surface area contributed by atoms with Crippen LogP contribution < -0.4 is 4.31 Å². The highest BCUT2D eigenvalue weighted by atomic mass is 35.5. The summed E-state index contributed by atoms with van der Waals surface area (Å²) in [5, 5.41) is 8.86. The fourth-order valence-electron chi connectivity index (χ4n) is 1.90. The quantitative estimate of drug-likeness (QED) is 0.829. The summed E-state index contributed by atoms with van der Waals surface area (Å²) in [6.07, 6.45) is 0. The highest BCUT2D eigenvalue weighted by Crippen LogP contribution is 2.35. The maximum Gasteiger partial charge on any atom is 0.338 e. The first-order valence-electron chi connectivity index (χ1n) is 6.04. The Balaban J connectivity index is 2.48. The summed E-state index contributed by atoms with van der Waals surface area (Å²) in [4.78, 5) is 11.2. The van der Waals surface area contributed by atoms with Gasteiger partial charge in [-0.1, -0.05) is 53.5 Å². The molecule has 0 aliphatic carbocycles. The van der Waals surface area contributed by atoms with E-state index in [1.165, 1.54) is 12.1 Å². The molecule has 1 atom stereocenters. The van der Waals surface area contributed by atoms with Crippen LogP contribution in [0, 0.1) is 0 Å². The van der Waals surface area contributed by atoms with Gasteiger partial charge in [0, 0.05) is 11.3 Å². The van der Waals surface area contributed by atoms with Crippen molar-refractivity contribution in [3.05, 3.63) is 63.6 Å². The fraction of sp³-hybridized carbons (Fsp3) is 0.0714. The van der Waals surface area contributed by atoms with Crippen molar-refractivity contribution in [3.8, 4) is 0 Å². The van der Waals surface area contributed by atoms with Gasteiger partial charge in [-0.2, -0.15) is 0 Å². The van der Waals surface area contributed by atoms with Gasteiger partial charge in [0.15, 0.2) is 0 Å². The van der Waals surface area contributed by atoms with Crippen LogP contribution in [-0.4, -0.2) is 19.8 Å². The summed E-state index contributed by atoms with van der Waals surface area (Å²) in [5.41, 5.74) is 0.458. The minimum Gasteiger partial charge on any atom is -0.755 e. The number of hydrogen-bond acceptors (Lipinski definition) is 3. The van der Waals surface area contributed by atoms with Gasteiger partial charge in [-0.15, -0.1) is 0 Å². The maximum absolute atomic E-state index is 11.5. The number of aromatic carboxylic acids is 1. The zero-order valence-corrected chi connectivity index (χ0v) is 13.4. The minimum absolute atomic E-state index is 0.0252. The van der Waals surface area contributed by atoms with E-state index in [2.05, 4.69) is 0 Å². The number of halogens is 2. The van der Waals surface area contributed by atoms with E-state index in [9.17, 15) is 13.6 Å². The van der Waals surface area contributed by atoms with Crippen molar-refractivity contribution in [1.29, 1.82) is 0 Å². The summed E-state index contributed by atoms with van der Waals surface area (Å²) in [5.74, 6) is -1.33. The third kappa shape index (κ3) is 3.59. The summed E-state index contributed by atoms with van der Waals surface area (Å²) in [6, 6.07) is 11.5. The molecule has 0 saturated heterocycles. The summed E-state index contributed by atoms with van der Waals surface area (Å²) < 4.78 is 24.0. The number of nitrogens with zero attached hydrogens (tertiary/aromatic N) is 1. The first-order valence-corrected chi connectivity index (χ1v) is 7.82. The van der Waals surface area contributed by atoms with Crippen molar-refractivity contribution in [3.63, 3.8) is 0 Å². The lowest BCUT2D eigenvalue weighted by atomic mass is 10.1. The van der Waals surface area contributed by atoms with Gasteiger partial charge >= 0.3 is 5.97 Å². The van der Waals surface area contributed by atoms with Crippen LogP contribution in [0.1, 0.15) is 15.9 Å². The van der Waals surface area contributed by atoms with Crippen LogP contribution in [0.5, 0.6) is 0 Å². The Hall–Kier alpha value is -1.60. The van der Waals surface area contributed by atoms with Crippen molar-refractivity contribution in [2.45, 2.75) is 6.54 Å². The summed E-state index contributed by atoms with van der Waals surface area (Å²) in [7, 11) is 0. The zero-order valence-electron chi connectivity index (χ0n) is 11.0. The lowest BCUT2D eigenvalue weighted by Gasteiger charge is -2.28. The molecule has 1 N–H and O–H groups in total. The summed E-state index contributed by atoms with van der Waals surface area (Å²) in [6.45, 7) is 0.0252. The molecular weight excluding hydrogens is 349 g/mol. The largest absolute Gasteiger partial charge is 0.755 e. The molecule has 0 aliphatic heterocycles. The number of rotatable bonds is 5. The second-order valence-corrected chi connectivity index (χ2v) is 5.96. The first kappa shape index (κ1) is 16.8. The van der Waals surface area contributed by atoms with Gasteiger partial charge in [-0.05, 0) is 17.7 Å². The molecule has 0 spiro atoms. The molecule has 8 heteroatoms. The Morgan fingerprint density at radius 3 is 2.36 bits per heavy atom. The number of carbonyl (C=O) groups is 1. The lowest BCUT2D eigenvalue weighted by molar-refractivity contribution is 0.0697. The molecule has 22 heavy (non-hydrogen) atoms. The fourth-order valence-corrected chi connectivity index (χ4v) is 3.15. The Kier molecular flexibility index (Phi) is 5.42. The molecule has 0 fully saturated rings. The number of anilines is 1. The lowest BCUT2D eigenvalue weighted by Crippen LogP contribution is -2.25. The first-order chi connectivity index (χ1) is 10.4. The van der Waals surface area contributed by atoms with E-state index >= 15 is 0 Å². The van der Waals surface area contributed by atoms with Crippen LogP contribution in [0.3, 0.4) is 0 Å². The number of carboxylic acids is 1. The Morgan fingerprint density at radius 2 is 1.82 bits per heavy atom. The highest BCUT2D eigenvalue weighted by molar-refractivity contribution is 7.80. The average Bonchev–Trinajstić information content (AvgIpc) is 2.46. The molecule has 2 rings (SSSR count). The van der Waals surface area contributed by atoms with Crippen molar-refractivity contribution < 1.29 is 18.7 Å². The van der Waals surface area contributed by atoms with E-state index < -0.39 is 17.2 Å². The Bertz CT molecular complexity index is 724. The molecule has 2 aromatic rings. The van der Waals surface area contributed by atoms with Gasteiger partial charge in [0.2, 0.25) is 0 Å². The smallest absolute Gasteiger partial charge is 0.338 e. The van der Waals surface area contributed by atoms with Crippen molar-refractivity contribution >= 4 is 46.1 Å². The molecule has 0 heterocycles. The average molecular weight is 359 g/mol. The SMILES string of the molecule is O=C(O)c1c(Cl)ccc(N(Cc2ccccc2)S(=O)[O-])c1Cl. The molecule has 0 saturated carbocycles. The van der Waals surface area contributed by atoms with Gasteiger partial charge in [-0.25, -0.2) is 4.79 Å². The monoisotopic (exact) mass is 358 g/mol. The van der Waals surface area contributed by atoms with Crippen LogP contribution in [0.4, 0.5) is 5.69 Å². The number of carboxylic acid groups (broad SMARTS) is 1. The van der Waals surface area contributed by atoms with E-state index in [4.69, 9.17) is 28.3 Å². The van der Waals surface area contributed by atoms with Crippen LogP contribution in [-0.2, 0) is 17.8 Å². The zero-order chi connectivity index (χ0) is 16.3. The van der Waals surface area contributed by atoms with Crippen molar-refractivity contribution in [2.75, 3.05) is 4.31 Å². The van der Waals surface area contributed by atoms with Gasteiger partial charge in [0.05, 0.1) is 27.8 Å². The third-order valence-electron chi connectivity index (χ3n) is 2.90. The predicted octanol–water partition coefficient (Wildman–Crippen LogP) is 3.49. The maximum atomic E-state index is 11.5. The highest BCUT2D eigenvalue weighted by Gasteiger charge is 2.21. The second-order valence-electron chi connectivity index (χ2n) is 4.30. The molecule has 0 radical (unpaired) electrons. The van der Waals surface area contributed by atoms with E-state index in [-0.39, 0.29) is 27.8 Å². The number of benzene rings is 2. The number of hydrogen-bond donors (Lipinski definition) is 1. The van der Waals surface area contributed by atoms with Crippen LogP contribution >= 0.6 is 23.2 Å². The molecule has 0 aromatic heterocycles. The van der Waals surface area contributed by atoms with E-state index in [1.807, 2.05) is 0 Å². The Labute approximate surface area is 139 Å². The third-order valence-corrected chi connectivity index (χ3v) is 4.29. The molecule has 0 amide bonds. The van der Waals surface area contributed by atoms with E-state index in [1.54, 1.807) is 30.3 Å². The molecule has 1 unspecified atom stereocenters. The normalized spacial score (nSPS) is 12.0. The predicted molar refractivity (Wildman–Crippen MR) is 85.0 cm³/mol. The van der Waals surface area contributed by atoms with Crippen molar-refractivity contribution in [1.82, 2.24) is 0 Å². The van der Waals surface area contributed by atoms with Crippen LogP contribution in [0.25, 0.3) is 0 Å². The molecule has 5 nitrogen and oxygen atoms in total. The molecular formula is C14H10Cl2NO4S-. The van der Waals surface area contributed by atoms with Gasteiger partial charge in [0.25, 0.3) is 0 Å². The van der Waals surface area contributed by atoms with E-state index in [0.29, 0.717) is 0 Å². The van der Waals surface area contributed by atoms with Crippen molar-refractivity contribution in [2.24, 2.45) is 0 Å². The standard InChI is InChI=1S/C14H11Cl2NO4S/c15-10-6-7-11(13(16)12(10)14(18)19)17(22(20)21)8-9-4-2-1-3-5-9/h1-7H,8H2,(H,18,19)(H,20,21)/p-1. The van der Waals surface area contributed by atoms with E-state index in [0.717, 1.165) is 9.87 Å². The second kappa shape index (κ2) is 7.11. The molecule has 0 aliphatic rings. The molecule has 116 valence electrons. The minimum atomic E-state index is -2.63. The molecule has 2 aromatic carbocycles. The molecule has 0 bridgehead atoms. The van der Waals surface area contributed by atoms with Gasteiger partial charge in [0.1, 0.15) is 0 Å². The summed E-state index contributed by atoms with van der Waals surface area (Å²) >= 11 is 9.21. The van der Waals surface area contributed by atoms with Crippen LogP contribution in [0.15, 0.2) is 42.5 Å². The van der Waals surface area contributed by atoms with Crippen LogP contribution in [0.2, 0.25) is 10.0 Å². The van der Waals surface area contributed by atoms with Gasteiger partial charge in [-0.3, -0.25) is 8.51 Å². The Morgan fingerprint density at radius 1 is 1.18 bits per heavy atom. The topological polar surface area (TPSA) is 80.7 Å².